The molecule has 4 aliphatic rings. The first-order valence-corrected chi connectivity index (χ1v) is 17.0. The van der Waals surface area contributed by atoms with Crippen molar-refractivity contribution in [2.45, 2.75) is 109 Å². The van der Waals surface area contributed by atoms with Gasteiger partial charge in [-0.1, -0.05) is 46.2 Å². The molecule has 0 bridgehead atoms. The maximum atomic E-state index is 15.6. The van der Waals surface area contributed by atoms with Gasteiger partial charge in [-0.15, -0.1) is 0 Å². The van der Waals surface area contributed by atoms with Gasteiger partial charge in [-0.05, 0) is 103 Å². The van der Waals surface area contributed by atoms with Crippen LogP contribution in [-0.4, -0.2) is 42.9 Å². The van der Waals surface area contributed by atoms with Crippen LogP contribution in [0.2, 0.25) is 0 Å². The lowest BCUT2D eigenvalue weighted by molar-refractivity contribution is -0.222. The Morgan fingerprint density at radius 1 is 1.07 bits per heavy atom. The molecule has 1 unspecified atom stereocenters. The number of carbonyl (C=O) groups excluding carboxylic acids is 1. The standard InChI is InChI=1S/C32H47F2NO5S/c1-5-19-28-29(34)24(36)15-17-32(28,4)22-14-16-31(3)20(11-12-21(31)27(22)30(19)38)18(2)10-13-26(37)35-41(39,40)25-9-7-6-8-23(25)33/h6-9,18-22,24,27-30,36,38H,5,10-17H2,1-4H3,(H,35,37)/t18?,19-,20-,21+,22+,24-,27+,28-,29+,30-,31-,32-/m1/s1. The number of amides is 1. The molecule has 4 aliphatic carbocycles. The molecule has 1 aromatic carbocycles. The lowest BCUT2D eigenvalue weighted by atomic mass is 9.41. The van der Waals surface area contributed by atoms with Crippen LogP contribution < -0.4 is 4.72 Å². The summed E-state index contributed by atoms with van der Waals surface area (Å²) in [5, 5.41) is 22.2. The quantitative estimate of drug-likeness (QED) is 0.380. The number of benzene rings is 1. The number of fused-ring (bicyclic) bond motifs is 5. The van der Waals surface area contributed by atoms with Gasteiger partial charge in [0.15, 0.2) is 0 Å². The van der Waals surface area contributed by atoms with Crippen LogP contribution in [0.3, 0.4) is 0 Å². The molecule has 3 N–H and O–H groups in total. The Hall–Kier alpha value is -1.58. The van der Waals surface area contributed by atoms with Crippen LogP contribution in [0.4, 0.5) is 8.78 Å². The highest BCUT2D eigenvalue weighted by Crippen LogP contribution is 2.69. The number of aliphatic hydroxyl groups is 2. The number of nitrogens with one attached hydrogen (secondary N) is 1. The summed E-state index contributed by atoms with van der Waals surface area (Å²) in [5.74, 6) is -0.946. The zero-order chi connectivity index (χ0) is 29.9. The van der Waals surface area contributed by atoms with Gasteiger partial charge in [-0.25, -0.2) is 21.9 Å². The largest absolute Gasteiger partial charge is 0.393 e. The SMILES string of the molecule is CC[C@H]1[C@@H](O)[C@@H]2[C@H](CC[C@]3(C)[C@@H](C(C)CCC(=O)NS(=O)(=O)c4ccccc4F)CC[C@@H]23)[C@@]2(C)CC[C@@H](O)[C@H](F)[C@@H]12. The van der Waals surface area contributed by atoms with E-state index in [0.29, 0.717) is 31.1 Å². The van der Waals surface area contributed by atoms with Crippen molar-refractivity contribution in [3.05, 3.63) is 30.1 Å². The molecule has 0 spiro atoms. The average Bonchev–Trinajstić information content (AvgIpc) is 3.27. The fraction of sp³-hybridized carbons (Fsp3) is 0.781. The average molecular weight is 596 g/mol. The Morgan fingerprint density at radius 2 is 1.73 bits per heavy atom. The number of rotatable bonds is 7. The molecule has 0 aromatic heterocycles. The third-order valence-corrected chi connectivity index (χ3v) is 13.8. The molecule has 0 radical (unpaired) electrons. The number of alkyl halides is 1. The van der Waals surface area contributed by atoms with E-state index in [1.165, 1.54) is 12.1 Å². The van der Waals surface area contributed by atoms with Crippen molar-refractivity contribution in [1.29, 1.82) is 0 Å². The van der Waals surface area contributed by atoms with Gasteiger partial charge in [-0.2, -0.15) is 0 Å². The second-order valence-corrected chi connectivity index (χ2v) is 15.8. The number of carbonyl (C=O) groups is 1. The summed E-state index contributed by atoms with van der Waals surface area (Å²) >= 11 is 0. The molecule has 4 fully saturated rings. The summed E-state index contributed by atoms with van der Waals surface area (Å²) in [6, 6.07) is 4.99. The molecule has 9 heteroatoms. The third kappa shape index (κ3) is 5.05. The summed E-state index contributed by atoms with van der Waals surface area (Å²) in [4.78, 5) is 12.1. The minimum atomic E-state index is -4.28. The summed E-state index contributed by atoms with van der Waals surface area (Å²) in [7, 11) is -4.28. The Kier molecular flexibility index (Phi) is 8.40. The summed E-state index contributed by atoms with van der Waals surface area (Å²) < 4.78 is 56.7. The molecule has 1 amide bonds. The first-order valence-electron chi connectivity index (χ1n) is 15.6. The van der Waals surface area contributed by atoms with Crippen molar-refractivity contribution in [3.8, 4) is 0 Å². The van der Waals surface area contributed by atoms with Crippen LogP contribution in [0.5, 0.6) is 0 Å². The monoisotopic (exact) mass is 595 g/mol. The van der Waals surface area contributed by atoms with Gasteiger partial charge in [0.05, 0.1) is 12.2 Å². The van der Waals surface area contributed by atoms with Crippen molar-refractivity contribution in [2.75, 3.05) is 0 Å². The van der Waals surface area contributed by atoms with Gasteiger partial charge in [-0.3, -0.25) is 4.79 Å². The van der Waals surface area contributed by atoms with Gasteiger partial charge in [0, 0.05) is 12.3 Å². The molecular formula is C32H47F2NO5S. The van der Waals surface area contributed by atoms with Gasteiger partial charge in [0.2, 0.25) is 5.91 Å². The summed E-state index contributed by atoms with van der Waals surface area (Å²) in [6.45, 7) is 8.70. The molecule has 1 aromatic rings. The minimum Gasteiger partial charge on any atom is -0.393 e. The molecule has 0 aliphatic heterocycles. The number of aliphatic hydroxyl groups excluding tert-OH is 2. The zero-order valence-corrected chi connectivity index (χ0v) is 25.5. The highest BCUT2D eigenvalue weighted by atomic mass is 32.2. The van der Waals surface area contributed by atoms with E-state index in [0.717, 1.165) is 44.2 Å². The van der Waals surface area contributed by atoms with E-state index in [2.05, 4.69) is 20.8 Å². The number of hydrogen-bond acceptors (Lipinski definition) is 5. The van der Waals surface area contributed by atoms with Gasteiger partial charge in [0.25, 0.3) is 10.0 Å². The second kappa shape index (κ2) is 11.2. The number of halogens is 2. The van der Waals surface area contributed by atoms with E-state index in [9.17, 15) is 27.8 Å². The number of sulfonamides is 1. The van der Waals surface area contributed by atoms with Gasteiger partial charge >= 0.3 is 0 Å². The Bertz CT molecular complexity index is 1240. The Balaban J connectivity index is 1.28. The van der Waals surface area contributed by atoms with Crippen LogP contribution in [0.15, 0.2) is 29.2 Å². The van der Waals surface area contributed by atoms with E-state index >= 15 is 4.39 Å². The van der Waals surface area contributed by atoms with Crippen LogP contribution >= 0.6 is 0 Å². The smallest absolute Gasteiger partial charge is 0.266 e. The van der Waals surface area contributed by atoms with E-state index in [4.69, 9.17) is 0 Å². The van der Waals surface area contributed by atoms with Crippen LogP contribution in [-0.2, 0) is 14.8 Å². The van der Waals surface area contributed by atoms with Gasteiger partial charge < -0.3 is 10.2 Å². The van der Waals surface area contributed by atoms with Crippen molar-refractivity contribution in [2.24, 2.45) is 52.3 Å². The highest BCUT2D eigenvalue weighted by Gasteiger charge is 2.66. The van der Waals surface area contributed by atoms with Crippen molar-refractivity contribution >= 4 is 15.9 Å². The number of hydrogen-bond donors (Lipinski definition) is 3. The fourth-order valence-corrected chi connectivity index (χ4v) is 11.5. The highest BCUT2D eigenvalue weighted by molar-refractivity contribution is 7.90. The van der Waals surface area contributed by atoms with Crippen molar-refractivity contribution in [3.63, 3.8) is 0 Å². The fourth-order valence-electron chi connectivity index (χ4n) is 10.4. The van der Waals surface area contributed by atoms with Crippen LogP contribution in [0, 0.1) is 58.1 Å². The van der Waals surface area contributed by atoms with E-state index in [1.54, 1.807) is 0 Å². The topological polar surface area (TPSA) is 104 Å². The molecule has 230 valence electrons. The Morgan fingerprint density at radius 3 is 2.41 bits per heavy atom. The van der Waals surface area contributed by atoms with Crippen LogP contribution in [0.1, 0.15) is 85.5 Å². The van der Waals surface area contributed by atoms with E-state index in [1.807, 2.05) is 11.6 Å². The minimum absolute atomic E-state index is 0.0257. The van der Waals surface area contributed by atoms with Crippen molar-refractivity contribution in [1.82, 2.24) is 4.72 Å². The lowest BCUT2D eigenvalue weighted by Gasteiger charge is -2.65. The molecule has 0 heterocycles. The molecule has 41 heavy (non-hydrogen) atoms. The molecule has 0 saturated heterocycles. The van der Waals surface area contributed by atoms with Crippen molar-refractivity contribution < 1.29 is 32.2 Å². The van der Waals surface area contributed by atoms with E-state index < -0.39 is 45.0 Å². The molecule has 6 nitrogen and oxygen atoms in total. The second-order valence-electron chi connectivity index (χ2n) is 14.1. The molecule has 4 saturated carbocycles. The lowest BCUT2D eigenvalue weighted by Crippen LogP contribution is -2.65. The predicted molar refractivity (Wildman–Crippen MR) is 152 cm³/mol. The molecule has 12 atom stereocenters. The first kappa shape index (κ1) is 30.9. The maximum absolute atomic E-state index is 15.6. The summed E-state index contributed by atoms with van der Waals surface area (Å²) in [6.07, 6.45) is 3.51. The van der Waals surface area contributed by atoms with Crippen LogP contribution in [0.25, 0.3) is 0 Å². The predicted octanol–water partition coefficient (Wildman–Crippen LogP) is 5.62. The third-order valence-electron chi connectivity index (χ3n) is 12.4. The first-order chi connectivity index (χ1) is 19.3. The summed E-state index contributed by atoms with van der Waals surface area (Å²) in [5.41, 5.74) is -0.266. The molecule has 5 rings (SSSR count). The Labute approximate surface area is 243 Å². The maximum Gasteiger partial charge on any atom is 0.266 e. The normalized spacial score (nSPS) is 43.0. The zero-order valence-electron chi connectivity index (χ0n) is 24.7. The van der Waals surface area contributed by atoms with Gasteiger partial charge in [0.1, 0.15) is 16.9 Å². The molecular weight excluding hydrogens is 548 g/mol. The van der Waals surface area contributed by atoms with E-state index in [-0.39, 0.29) is 46.8 Å².